The van der Waals surface area contributed by atoms with Crippen LogP contribution in [0.5, 0.6) is 11.5 Å². The maximum Gasteiger partial charge on any atom is 0.164 e. The number of hydrogen-bond acceptors (Lipinski definition) is 7. The number of ether oxygens (including phenoxy) is 1. The van der Waals surface area contributed by atoms with Crippen LogP contribution in [0.2, 0.25) is 0 Å². The van der Waals surface area contributed by atoms with Crippen molar-refractivity contribution in [3.63, 3.8) is 0 Å². The Morgan fingerprint density at radius 3 is 2.26 bits per heavy atom. The Hall–Kier alpha value is -3.49. The largest absolute Gasteiger partial charge is 0.457 e. The number of aromatic nitrogens is 4. The lowest BCUT2D eigenvalue weighted by molar-refractivity contribution is -0.0278. The number of rotatable bonds is 5. The van der Waals surface area contributed by atoms with Crippen LogP contribution < -0.4 is 10.5 Å². The summed E-state index contributed by atoms with van der Waals surface area (Å²) in [5, 5.41) is 5.95. The molecule has 2 N–H and O–H groups in total. The van der Waals surface area contributed by atoms with Gasteiger partial charge in [0, 0.05) is 11.6 Å². The highest BCUT2D eigenvalue weighted by Gasteiger charge is 2.48. The molecule has 2 aromatic heterocycles. The third kappa shape index (κ3) is 4.66. The zero-order valence-electron chi connectivity index (χ0n) is 22.7. The molecule has 8 heteroatoms. The minimum atomic E-state index is 0.353. The zero-order chi connectivity index (χ0) is 26.4. The second-order valence-electron chi connectivity index (χ2n) is 11.8. The van der Waals surface area contributed by atoms with Crippen LogP contribution in [0.3, 0.4) is 0 Å². The minimum absolute atomic E-state index is 0.353. The highest BCUT2D eigenvalue weighted by atomic mass is 16.5. The Morgan fingerprint density at radius 1 is 0.846 bits per heavy atom. The van der Waals surface area contributed by atoms with Crippen molar-refractivity contribution in [2.45, 2.75) is 50.6 Å². The van der Waals surface area contributed by atoms with Crippen LogP contribution in [-0.4, -0.2) is 68.8 Å². The molecular weight excluding hydrogens is 486 g/mol. The number of nitrogen functional groups attached to an aromatic ring is 1. The first-order valence-electron chi connectivity index (χ1n) is 14.3. The van der Waals surface area contributed by atoms with E-state index in [1.54, 1.807) is 6.33 Å². The van der Waals surface area contributed by atoms with Gasteiger partial charge < -0.3 is 20.3 Å². The van der Waals surface area contributed by atoms with Gasteiger partial charge in [-0.1, -0.05) is 18.2 Å². The lowest BCUT2D eigenvalue weighted by Gasteiger charge is -2.53. The van der Waals surface area contributed by atoms with E-state index in [1.165, 1.54) is 51.9 Å². The molecular formula is C31H37N7O. The summed E-state index contributed by atoms with van der Waals surface area (Å²) in [7, 11) is 2.24. The van der Waals surface area contributed by atoms with E-state index in [2.05, 4.69) is 31.5 Å². The number of likely N-dealkylation sites (tertiary alicyclic amines) is 2. The normalized spacial score (nSPS) is 20.8. The van der Waals surface area contributed by atoms with Crippen molar-refractivity contribution in [2.24, 2.45) is 5.41 Å². The SMILES string of the molecule is CN1CCC(N2CCC3(CC2)CC(n2nc(-c4ccc(Oc5ccccc5)cc4)c4c(N)ncnc42)C3)CC1. The third-order valence-corrected chi connectivity index (χ3v) is 9.37. The second kappa shape index (κ2) is 9.92. The van der Waals surface area contributed by atoms with E-state index < -0.39 is 0 Å². The highest BCUT2D eigenvalue weighted by Crippen LogP contribution is 2.55. The summed E-state index contributed by atoms with van der Waals surface area (Å²) in [6.45, 7) is 4.94. The monoisotopic (exact) mass is 523 g/mol. The van der Waals surface area contributed by atoms with E-state index in [1.807, 2.05) is 54.6 Å². The molecule has 0 atom stereocenters. The third-order valence-electron chi connectivity index (χ3n) is 9.37. The van der Waals surface area contributed by atoms with E-state index in [0.717, 1.165) is 52.7 Å². The summed E-state index contributed by atoms with van der Waals surface area (Å²) in [6.07, 6.45) is 9.11. The summed E-state index contributed by atoms with van der Waals surface area (Å²) >= 11 is 0. The summed E-state index contributed by atoms with van der Waals surface area (Å²) in [4.78, 5) is 14.2. The lowest BCUT2D eigenvalue weighted by Crippen LogP contribution is -2.52. The van der Waals surface area contributed by atoms with Gasteiger partial charge in [-0.05, 0) is 114 Å². The number of nitrogens with zero attached hydrogens (tertiary/aromatic N) is 6. The molecule has 1 saturated carbocycles. The molecule has 202 valence electrons. The molecule has 0 radical (unpaired) electrons. The molecule has 1 spiro atoms. The fourth-order valence-electron chi connectivity index (χ4n) is 7.00. The predicted octanol–water partition coefficient (Wildman–Crippen LogP) is 5.38. The van der Waals surface area contributed by atoms with E-state index >= 15 is 0 Å². The fraction of sp³-hybridized carbons (Fsp3) is 0.452. The molecule has 2 aromatic carbocycles. The Bertz CT molecular complexity index is 1430. The van der Waals surface area contributed by atoms with Gasteiger partial charge in [-0.2, -0.15) is 5.10 Å². The molecule has 0 unspecified atom stereocenters. The summed E-state index contributed by atoms with van der Waals surface area (Å²) in [5.41, 5.74) is 9.50. The van der Waals surface area contributed by atoms with Crippen LogP contribution in [0.4, 0.5) is 5.82 Å². The van der Waals surface area contributed by atoms with Crippen LogP contribution in [0.25, 0.3) is 22.3 Å². The standard InChI is InChI=1S/C31H37N7O/c1-36-15-11-23(12-16-36)37-17-13-31(14-18-37)19-24(20-31)38-30-27(29(32)33-21-34-30)28(35-38)22-7-9-26(10-8-22)39-25-5-3-2-4-6-25/h2-10,21,23-24H,11-20H2,1H3,(H2,32,33,34). The maximum absolute atomic E-state index is 6.39. The van der Waals surface area contributed by atoms with Crippen molar-refractivity contribution < 1.29 is 4.74 Å². The number of nitrogens with two attached hydrogens (primary N) is 1. The van der Waals surface area contributed by atoms with Crippen LogP contribution in [0, 0.1) is 5.41 Å². The van der Waals surface area contributed by atoms with Crippen molar-refractivity contribution in [2.75, 3.05) is 39.0 Å². The highest BCUT2D eigenvalue weighted by molar-refractivity contribution is 5.98. The molecule has 2 saturated heterocycles. The first-order chi connectivity index (χ1) is 19.1. The van der Waals surface area contributed by atoms with Crippen LogP contribution in [0.15, 0.2) is 60.9 Å². The Balaban J connectivity index is 1.08. The summed E-state index contributed by atoms with van der Waals surface area (Å²) in [5.74, 6) is 2.07. The number of para-hydroxylation sites is 1. The van der Waals surface area contributed by atoms with Gasteiger partial charge in [0.1, 0.15) is 29.3 Å². The predicted molar refractivity (Wildman–Crippen MR) is 154 cm³/mol. The molecule has 0 bridgehead atoms. The topological polar surface area (TPSA) is 85.3 Å². The van der Waals surface area contributed by atoms with E-state index in [0.29, 0.717) is 17.3 Å². The van der Waals surface area contributed by atoms with Gasteiger partial charge in [0.25, 0.3) is 0 Å². The molecule has 4 aromatic rings. The van der Waals surface area contributed by atoms with Crippen molar-refractivity contribution in [3.05, 3.63) is 60.9 Å². The minimum Gasteiger partial charge on any atom is -0.457 e. The van der Waals surface area contributed by atoms with Crippen LogP contribution >= 0.6 is 0 Å². The average Bonchev–Trinajstić information content (AvgIpc) is 3.34. The van der Waals surface area contributed by atoms with Crippen molar-refractivity contribution in [1.82, 2.24) is 29.5 Å². The van der Waals surface area contributed by atoms with E-state index in [9.17, 15) is 0 Å². The number of piperidine rings is 2. The molecule has 1 aliphatic carbocycles. The number of hydrogen-bond donors (Lipinski definition) is 1. The van der Waals surface area contributed by atoms with Gasteiger partial charge >= 0.3 is 0 Å². The van der Waals surface area contributed by atoms with E-state index in [4.69, 9.17) is 15.6 Å². The summed E-state index contributed by atoms with van der Waals surface area (Å²) in [6, 6.07) is 19.0. The molecule has 7 rings (SSSR count). The maximum atomic E-state index is 6.39. The van der Waals surface area contributed by atoms with Crippen LogP contribution in [-0.2, 0) is 0 Å². The van der Waals surface area contributed by atoms with Gasteiger partial charge in [-0.3, -0.25) is 0 Å². The molecule has 2 aliphatic heterocycles. The van der Waals surface area contributed by atoms with Gasteiger partial charge in [0.15, 0.2) is 5.65 Å². The first-order valence-corrected chi connectivity index (χ1v) is 14.3. The molecule has 0 amide bonds. The van der Waals surface area contributed by atoms with Gasteiger partial charge in [-0.25, -0.2) is 14.6 Å². The molecule has 4 heterocycles. The smallest absolute Gasteiger partial charge is 0.164 e. The zero-order valence-corrected chi connectivity index (χ0v) is 22.7. The second-order valence-corrected chi connectivity index (χ2v) is 11.8. The van der Waals surface area contributed by atoms with Gasteiger partial charge in [0.2, 0.25) is 0 Å². The van der Waals surface area contributed by atoms with Crippen LogP contribution in [0.1, 0.15) is 44.6 Å². The average molecular weight is 524 g/mol. The molecule has 39 heavy (non-hydrogen) atoms. The molecule has 8 nitrogen and oxygen atoms in total. The number of anilines is 1. The van der Waals surface area contributed by atoms with Gasteiger partial charge in [-0.15, -0.1) is 0 Å². The Morgan fingerprint density at radius 2 is 1.54 bits per heavy atom. The summed E-state index contributed by atoms with van der Waals surface area (Å²) < 4.78 is 8.12. The Labute approximate surface area is 229 Å². The fourth-order valence-corrected chi connectivity index (χ4v) is 7.00. The first kappa shape index (κ1) is 24.5. The number of benzene rings is 2. The Kier molecular flexibility index (Phi) is 6.24. The molecule has 3 fully saturated rings. The van der Waals surface area contributed by atoms with Crippen molar-refractivity contribution in [1.29, 1.82) is 0 Å². The van der Waals surface area contributed by atoms with Gasteiger partial charge in [0.05, 0.1) is 11.4 Å². The van der Waals surface area contributed by atoms with E-state index in [-0.39, 0.29) is 0 Å². The quantitative estimate of drug-likeness (QED) is 0.376. The molecule has 3 aliphatic rings. The lowest BCUT2D eigenvalue weighted by atomic mass is 9.60. The van der Waals surface area contributed by atoms with Crippen molar-refractivity contribution >= 4 is 16.9 Å². The number of fused-ring (bicyclic) bond motifs is 1. The van der Waals surface area contributed by atoms with Crippen molar-refractivity contribution in [3.8, 4) is 22.8 Å².